The average molecular weight is 357 g/mol. The summed E-state index contributed by atoms with van der Waals surface area (Å²) in [7, 11) is 1.98. The third-order valence-electron chi connectivity index (χ3n) is 4.08. The molecule has 1 aliphatic heterocycles. The summed E-state index contributed by atoms with van der Waals surface area (Å²) in [6.45, 7) is 5.93. The zero-order valence-electron chi connectivity index (χ0n) is 13.1. The Balaban J connectivity index is 2.30. The summed E-state index contributed by atoms with van der Waals surface area (Å²) in [6, 6.07) is 0.558. The first-order valence-corrected chi connectivity index (χ1v) is 8.54. The highest BCUT2D eigenvalue weighted by Gasteiger charge is 2.25. The van der Waals surface area contributed by atoms with Crippen LogP contribution in [0.4, 0.5) is 5.69 Å². The van der Waals surface area contributed by atoms with Crippen LogP contribution < -0.4 is 15.8 Å². The minimum atomic E-state index is -0.0413. The maximum atomic E-state index is 12.4. The molecule has 0 radical (unpaired) electrons. The number of nitrogens with one attached hydrogen (secondary N) is 1. The number of nitrogens with zero attached hydrogens (tertiary/aromatic N) is 3. The van der Waals surface area contributed by atoms with Crippen molar-refractivity contribution in [3.05, 3.63) is 21.0 Å². The van der Waals surface area contributed by atoms with Crippen molar-refractivity contribution >= 4 is 21.6 Å². The van der Waals surface area contributed by atoms with E-state index in [0.29, 0.717) is 10.5 Å². The molecule has 21 heavy (non-hydrogen) atoms. The second kappa shape index (κ2) is 7.40. The molecule has 0 spiro atoms. The number of halogens is 1. The summed E-state index contributed by atoms with van der Waals surface area (Å²) < 4.78 is 2.17. The molecule has 0 aromatic carbocycles. The highest BCUT2D eigenvalue weighted by molar-refractivity contribution is 9.10. The van der Waals surface area contributed by atoms with Crippen molar-refractivity contribution in [2.75, 3.05) is 25.0 Å². The van der Waals surface area contributed by atoms with Gasteiger partial charge in [0.1, 0.15) is 4.47 Å². The number of aromatic nitrogens is 2. The van der Waals surface area contributed by atoms with Gasteiger partial charge in [0, 0.05) is 12.6 Å². The van der Waals surface area contributed by atoms with Crippen LogP contribution in [0, 0.1) is 0 Å². The van der Waals surface area contributed by atoms with Gasteiger partial charge in [0.15, 0.2) is 0 Å². The maximum absolute atomic E-state index is 12.4. The molecule has 1 N–H and O–H groups in total. The first-order valence-electron chi connectivity index (χ1n) is 7.74. The van der Waals surface area contributed by atoms with E-state index in [0.717, 1.165) is 25.2 Å². The highest BCUT2D eigenvalue weighted by Crippen LogP contribution is 2.30. The van der Waals surface area contributed by atoms with E-state index in [9.17, 15) is 4.79 Å². The molecule has 1 aromatic heterocycles. The van der Waals surface area contributed by atoms with E-state index in [2.05, 4.69) is 31.2 Å². The minimum Gasteiger partial charge on any atom is -0.366 e. The number of rotatable bonds is 5. The van der Waals surface area contributed by atoms with Crippen molar-refractivity contribution in [1.29, 1.82) is 0 Å². The standard InChI is InChI=1S/C15H25BrN4O/c1-11(2)20-15(21)14(16)13(10-18-20)19-9-5-4-6-12(19)7-8-17-3/h10-12,17H,4-9H2,1-3H3. The van der Waals surface area contributed by atoms with Crippen molar-refractivity contribution < 1.29 is 0 Å². The summed E-state index contributed by atoms with van der Waals surface area (Å²) in [5.74, 6) is 0. The molecular weight excluding hydrogens is 332 g/mol. The Bertz CT molecular complexity index is 529. The quantitative estimate of drug-likeness (QED) is 0.880. The van der Waals surface area contributed by atoms with Gasteiger partial charge in [-0.2, -0.15) is 5.10 Å². The molecule has 1 saturated heterocycles. The lowest BCUT2D eigenvalue weighted by Gasteiger charge is -2.38. The van der Waals surface area contributed by atoms with Crippen LogP contribution in [0.5, 0.6) is 0 Å². The topological polar surface area (TPSA) is 50.2 Å². The fraction of sp³-hybridized carbons (Fsp3) is 0.733. The third-order valence-corrected chi connectivity index (χ3v) is 4.82. The molecule has 118 valence electrons. The summed E-state index contributed by atoms with van der Waals surface area (Å²) in [4.78, 5) is 14.8. The van der Waals surface area contributed by atoms with Crippen LogP contribution in [-0.2, 0) is 0 Å². The van der Waals surface area contributed by atoms with Crippen molar-refractivity contribution in [2.45, 2.75) is 51.6 Å². The van der Waals surface area contributed by atoms with Crippen LogP contribution >= 0.6 is 15.9 Å². The summed E-state index contributed by atoms with van der Waals surface area (Å²) >= 11 is 3.50. The molecule has 2 heterocycles. The number of piperidine rings is 1. The zero-order valence-corrected chi connectivity index (χ0v) is 14.7. The summed E-state index contributed by atoms with van der Waals surface area (Å²) in [5, 5.41) is 7.56. The van der Waals surface area contributed by atoms with E-state index in [1.165, 1.54) is 23.9 Å². The Kier molecular flexibility index (Phi) is 5.81. The summed E-state index contributed by atoms with van der Waals surface area (Å²) in [5.41, 5.74) is 0.901. The first kappa shape index (κ1) is 16.5. The van der Waals surface area contributed by atoms with Crippen LogP contribution in [0.1, 0.15) is 45.6 Å². The second-order valence-electron chi connectivity index (χ2n) is 5.92. The predicted molar refractivity (Wildman–Crippen MR) is 90.1 cm³/mol. The molecule has 0 saturated carbocycles. The van der Waals surface area contributed by atoms with E-state index in [-0.39, 0.29) is 11.6 Å². The molecule has 5 nitrogen and oxygen atoms in total. The van der Waals surface area contributed by atoms with Gasteiger partial charge in [-0.25, -0.2) is 4.68 Å². The molecule has 1 atom stereocenters. The van der Waals surface area contributed by atoms with Gasteiger partial charge < -0.3 is 10.2 Å². The minimum absolute atomic E-state index is 0.0413. The Labute approximate surface area is 134 Å². The molecule has 6 heteroatoms. The SMILES string of the molecule is CNCCC1CCCCN1c1cnn(C(C)C)c(=O)c1Br. The zero-order chi connectivity index (χ0) is 15.4. The normalized spacial score (nSPS) is 19.3. The first-order chi connectivity index (χ1) is 10.1. The molecule has 0 aliphatic carbocycles. The van der Waals surface area contributed by atoms with Gasteiger partial charge in [-0.05, 0) is 69.1 Å². The molecule has 1 aromatic rings. The fourth-order valence-corrected chi connectivity index (χ4v) is 3.44. The van der Waals surface area contributed by atoms with Gasteiger partial charge in [-0.15, -0.1) is 0 Å². The van der Waals surface area contributed by atoms with E-state index in [4.69, 9.17) is 0 Å². The number of anilines is 1. The van der Waals surface area contributed by atoms with E-state index < -0.39 is 0 Å². The van der Waals surface area contributed by atoms with Crippen molar-refractivity contribution in [2.24, 2.45) is 0 Å². The molecular formula is C15H25BrN4O. The molecule has 1 unspecified atom stereocenters. The van der Waals surface area contributed by atoms with Crippen LogP contribution in [-0.4, -0.2) is 36.0 Å². The van der Waals surface area contributed by atoms with Gasteiger partial charge in [-0.1, -0.05) is 0 Å². The lowest BCUT2D eigenvalue weighted by molar-refractivity contribution is 0.429. The van der Waals surface area contributed by atoms with Crippen molar-refractivity contribution in [1.82, 2.24) is 15.1 Å². The Morgan fingerprint density at radius 3 is 2.90 bits per heavy atom. The van der Waals surface area contributed by atoms with Crippen LogP contribution in [0.3, 0.4) is 0 Å². The fourth-order valence-electron chi connectivity index (χ4n) is 2.93. The van der Waals surface area contributed by atoms with Crippen LogP contribution in [0.2, 0.25) is 0 Å². The smallest absolute Gasteiger partial charge is 0.283 e. The van der Waals surface area contributed by atoms with E-state index >= 15 is 0 Å². The van der Waals surface area contributed by atoms with Crippen molar-refractivity contribution in [3.8, 4) is 0 Å². The van der Waals surface area contributed by atoms with Gasteiger partial charge in [0.05, 0.1) is 17.9 Å². The Hall–Kier alpha value is -0.880. The molecule has 2 rings (SSSR count). The Morgan fingerprint density at radius 2 is 2.24 bits per heavy atom. The van der Waals surface area contributed by atoms with Crippen molar-refractivity contribution in [3.63, 3.8) is 0 Å². The predicted octanol–water partition coefficient (Wildman–Crippen LogP) is 2.56. The highest BCUT2D eigenvalue weighted by atomic mass is 79.9. The number of hydrogen-bond acceptors (Lipinski definition) is 4. The average Bonchev–Trinajstić information content (AvgIpc) is 2.48. The van der Waals surface area contributed by atoms with E-state index in [1.54, 1.807) is 0 Å². The molecule has 1 fully saturated rings. The summed E-state index contributed by atoms with van der Waals surface area (Å²) in [6.07, 6.45) is 6.55. The molecule has 1 aliphatic rings. The maximum Gasteiger partial charge on any atom is 0.283 e. The lowest BCUT2D eigenvalue weighted by Crippen LogP contribution is -2.42. The lowest BCUT2D eigenvalue weighted by atomic mass is 9.99. The van der Waals surface area contributed by atoms with Gasteiger partial charge in [0.25, 0.3) is 5.56 Å². The Morgan fingerprint density at radius 1 is 1.48 bits per heavy atom. The molecule has 0 bridgehead atoms. The van der Waals surface area contributed by atoms with Gasteiger partial charge in [0.2, 0.25) is 0 Å². The molecule has 0 amide bonds. The van der Waals surface area contributed by atoms with E-state index in [1.807, 2.05) is 27.1 Å². The van der Waals surface area contributed by atoms with Crippen LogP contribution in [0.25, 0.3) is 0 Å². The van der Waals surface area contributed by atoms with Crippen LogP contribution in [0.15, 0.2) is 15.5 Å². The van der Waals surface area contributed by atoms with Gasteiger partial charge >= 0.3 is 0 Å². The largest absolute Gasteiger partial charge is 0.366 e. The number of hydrogen-bond donors (Lipinski definition) is 1. The monoisotopic (exact) mass is 356 g/mol. The second-order valence-corrected chi connectivity index (χ2v) is 6.72. The van der Waals surface area contributed by atoms with Gasteiger partial charge in [-0.3, -0.25) is 4.79 Å². The third kappa shape index (κ3) is 3.66.